The highest BCUT2D eigenvalue weighted by atomic mass is 35.5. The van der Waals surface area contributed by atoms with Crippen LogP contribution in [0.4, 0.5) is 0 Å². The van der Waals surface area contributed by atoms with E-state index in [0.717, 1.165) is 24.8 Å². The van der Waals surface area contributed by atoms with E-state index in [-0.39, 0.29) is 0 Å². The molecule has 1 nitrogen and oxygen atoms in total. The van der Waals surface area contributed by atoms with Gasteiger partial charge in [0.25, 0.3) is 0 Å². The minimum atomic E-state index is -0.608. The quantitative estimate of drug-likeness (QED) is 0.771. The van der Waals surface area contributed by atoms with Gasteiger partial charge in [-0.15, -0.1) is 0 Å². The fourth-order valence-corrected chi connectivity index (χ4v) is 1.92. The zero-order chi connectivity index (χ0) is 9.47. The molecule has 0 aliphatic heterocycles. The van der Waals surface area contributed by atoms with Gasteiger partial charge in [-0.2, -0.15) is 0 Å². The van der Waals surface area contributed by atoms with E-state index >= 15 is 0 Å². The summed E-state index contributed by atoms with van der Waals surface area (Å²) in [6.07, 6.45) is 2.68. The van der Waals surface area contributed by atoms with Crippen LogP contribution in [0.15, 0.2) is 18.2 Å². The molecule has 0 amide bonds. The molecule has 1 aromatic rings. The predicted octanol–water partition coefficient (Wildman–Crippen LogP) is 2.88. The van der Waals surface area contributed by atoms with Crippen LogP contribution in [0.2, 0.25) is 5.02 Å². The first kappa shape index (κ1) is 9.04. The maximum Gasteiger partial charge on any atom is 0.0913 e. The van der Waals surface area contributed by atoms with Gasteiger partial charge in [0, 0.05) is 10.6 Å². The molecule has 13 heavy (non-hydrogen) atoms. The topological polar surface area (TPSA) is 20.2 Å². The Morgan fingerprint density at radius 2 is 2.15 bits per heavy atom. The number of halogens is 1. The van der Waals surface area contributed by atoms with Crippen LogP contribution in [-0.4, -0.2) is 5.11 Å². The maximum absolute atomic E-state index is 9.86. The molecule has 0 unspecified atom stereocenters. The lowest BCUT2D eigenvalue weighted by Crippen LogP contribution is -2.05. The minimum absolute atomic E-state index is 0.608. The van der Waals surface area contributed by atoms with Crippen molar-refractivity contribution in [2.75, 3.05) is 0 Å². The van der Waals surface area contributed by atoms with Gasteiger partial charge in [-0.1, -0.05) is 30.7 Å². The standard InChI is InChI=1S/C11H13ClO/c1-2-8-3-4-9(10(12)7-8)11(13)5-6-11/h3-4,7,13H,2,5-6H2,1H3. The molecule has 2 heteroatoms. The van der Waals surface area contributed by atoms with Gasteiger partial charge in [0.2, 0.25) is 0 Å². The van der Waals surface area contributed by atoms with Gasteiger partial charge >= 0.3 is 0 Å². The van der Waals surface area contributed by atoms with Crippen molar-refractivity contribution >= 4 is 11.6 Å². The third-order valence-corrected chi connectivity index (χ3v) is 2.98. The number of rotatable bonds is 2. The molecule has 1 N–H and O–H groups in total. The van der Waals surface area contributed by atoms with Crippen molar-refractivity contribution in [2.45, 2.75) is 31.8 Å². The van der Waals surface area contributed by atoms with Gasteiger partial charge in [-0.3, -0.25) is 0 Å². The zero-order valence-electron chi connectivity index (χ0n) is 7.68. The molecule has 70 valence electrons. The molecule has 0 saturated heterocycles. The first-order valence-electron chi connectivity index (χ1n) is 4.67. The second-order valence-corrected chi connectivity index (χ2v) is 4.11. The lowest BCUT2D eigenvalue weighted by Gasteiger charge is -2.10. The van der Waals surface area contributed by atoms with Crippen LogP contribution in [0.3, 0.4) is 0 Å². The van der Waals surface area contributed by atoms with Crippen LogP contribution in [0, 0.1) is 0 Å². The van der Waals surface area contributed by atoms with Gasteiger partial charge < -0.3 is 5.11 Å². The van der Waals surface area contributed by atoms with E-state index < -0.39 is 5.60 Å². The molecule has 1 aromatic carbocycles. The smallest absolute Gasteiger partial charge is 0.0913 e. The molecule has 0 spiro atoms. The van der Waals surface area contributed by atoms with E-state index in [1.54, 1.807) is 0 Å². The van der Waals surface area contributed by atoms with Crippen molar-refractivity contribution in [2.24, 2.45) is 0 Å². The first-order valence-corrected chi connectivity index (χ1v) is 5.05. The minimum Gasteiger partial charge on any atom is -0.385 e. The normalized spacial score (nSPS) is 18.7. The molecule has 0 aromatic heterocycles. The Morgan fingerprint density at radius 1 is 1.46 bits per heavy atom. The van der Waals surface area contributed by atoms with Crippen molar-refractivity contribution in [3.8, 4) is 0 Å². The number of hydrogen-bond donors (Lipinski definition) is 1. The summed E-state index contributed by atoms with van der Waals surface area (Å²) >= 11 is 6.07. The van der Waals surface area contributed by atoms with E-state index in [1.165, 1.54) is 5.56 Å². The van der Waals surface area contributed by atoms with Crippen molar-refractivity contribution in [1.82, 2.24) is 0 Å². The third-order valence-electron chi connectivity index (χ3n) is 2.67. The lowest BCUT2D eigenvalue weighted by molar-refractivity contribution is 0.151. The molecule has 2 rings (SSSR count). The third kappa shape index (κ3) is 1.59. The fourth-order valence-electron chi connectivity index (χ4n) is 1.54. The summed E-state index contributed by atoms with van der Waals surface area (Å²) < 4.78 is 0. The summed E-state index contributed by atoms with van der Waals surface area (Å²) in [7, 11) is 0. The average Bonchev–Trinajstić information content (AvgIpc) is 2.84. The molecule has 1 aliphatic rings. The Hall–Kier alpha value is -0.530. The van der Waals surface area contributed by atoms with Gasteiger partial charge in [-0.05, 0) is 30.9 Å². The van der Waals surface area contributed by atoms with Crippen LogP contribution in [0.1, 0.15) is 30.9 Å². The zero-order valence-corrected chi connectivity index (χ0v) is 8.43. The summed E-state index contributed by atoms with van der Waals surface area (Å²) in [5, 5.41) is 10.6. The summed E-state index contributed by atoms with van der Waals surface area (Å²) in [4.78, 5) is 0. The molecule has 0 radical (unpaired) electrons. The summed E-state index contributed by atoms with van der Waals surface area (Å²) in [5.74, 6) is 0. The van der Waals surface area contributed by atoms with Gasteiger partial charge in [0.15, 0.2) is 0 Å². The SMILES string of the molecule is CCc1ccc(C2(O)CC2)c(Cl)c1. The number of benzene rings is 1. The van der Waals surface area contributed by atoms with Crippen LogP contribution in [0.25, 0.3) is 0 Å². The molecule has 0 atom stereocenters. The Labute approximate surface area is 83.3 Å². The summed E-state index contributed by atoms with van der Waals surface area (Å²) in [5.41, 5.74) is 1.51. The highest BCUT2D eigenvalue weighted by Crippen LogP contribution is 2.47. The average molecular weight is 197 g/mol. The number of aliphatic hydroxyl groups is 1. The molecule has 1 saturated carbocycles. The molecular formula is C11H13ClO. The van der Waals surface area contributed by atoms with Gasteiger partial charge in [0.05, 0.1) is 5.60 Å². The van der Waals surface area contributed by atoms with Crippen molar-refractivity contribution in [3.05, 3.63) is 34.3 Å². The van der Waals surface area contributed by atoms with Crippen LogP contribution in [-0.2, 0) is 12.0 Å². The van der Waals surface area contributed by atoms with Crippen molar-refractivity contribution < 1.29 is 5.11 Å². The van der Waals surface area contributed by atoms with Crippen molar-refractivity contribution in [1.29, 1.82) is 0 Å². The first-order chi connectivity index (χ1) is 6.15. The fraction of sp³-hybridized carbons (Fsp3) is 0.455. The van der Waals surface area contributed by atoms with Gasteiger partial charge in [-0.25, -0.2) is 0 Å². The lowest BCUT2D eigenvalue weighted by atomic mass is 10.0. The Morgan fingerprint density at radius 3 is 2.62 bits per heavy atom. The predicted molar refractivity (Wildman–Crippen MR) is 54.0 cm³/mol. The highest BCUT2D eigenvalue weighted by molar-refractivity contribution is 6.31. The Kier molecular flexibility index (Phi) is 2.09. The van der Waals surface area contributed by atoms with E-state index in [1.807, 2.05) is 18.2 Å². The van der Waals surface area contributed by atoms with E-state index in [9.17, 15) is 5.11 Å². The number of aryl methyl sites for hydroxylation is 1. The maximum atomic E-state index is 9.86. The summed E-state index contributed by atoms with van der Waals surface area (Å²) in [6, 6.07) is 5.94. The largest absolute Gasteiger partial charge is 0.385 e. The highest BCUT2D eigenvalue weighted by Gasteiger charge is 2.43. The van der Waals surface area contributed by atoms with E-state index in [0.29, 0.717) is 5.02 Å². The van der Waals surface area contributed by atoms with E-state index in [2.05, 4.69) is 6.92 Å². The molecule has 0 heterocycles. The Balaban J connectivity index is 2.38. The summed E-state index contributed by atoms with van der Waals surface area (Å²) in [6.45, 7) is 2.09. The van der Waals surface area contributed by atoms with Crippen LogP contribution < -0.4 is 0 Å². The second kappa shape index (κ2) is 3.00. The second-order valence-electron chi connectivity index (χ2n) is 3.70. The van der Waals surface area contributed by atoms with Gasteiger partial charge in [0.1, 0.15) is 0 Å². The monoisotopic (exact) mass is 196 g/mol. The Bertz CT molecular complexity index is 329. The number of hydrogen-bond acceptors (Lipinski definition) is 1. The molecular weight excluding hydrogens is 184 g/mol. The molecule has 1 aliphatic carbocycles. The van der Waals surface area contributed by atoms with Crippen LogP contribution >= 0.6 is 11.6 Å². The van der Waals surface area contributed by atoms with E-state index in [4.69, 9.17) is 11.6 Å². The van der Waals surface area contributed by atoms with Crippen LogP contribution in [0.5, 0.6) is 0 Å². The van der Waals surface area contributed by atoms with Crippen molar-refractivity contribution in [3.63, 3.8) is 0 Å². The molecule has 1 fully saturated rings. The molecule has 0 bridgehead atoms.